The molecule has 6 nitrogen and oxygen atoms in total. The summed E-state index contributed by atoms with van der Waals surface area (Å²) in [5, 5.41) is 7.07. The van der Waals surface area contributed by atoms with Gasteiger partial charge in [-0.2, -0.15) is 4.98 Å². The molecule has 0 unspecified atom stereocenters. The Morgan fingerprint density at radius 3 is 3.00 bits per heavy atom. The number of fused-ring (bicyclic) bond motifs is 1. The summed E-state index contributed by atoms with van der Waals surface area (Å²) >= 11 is 0. The minimum absolute atomic E-state index is 0.318. The molecule has 1 aromatic carbocycles. The molecule has 2 aliphatic heterocycles. The summed E-state index contributed by atoms with van der Waals surface area (Å²) in [5.41, 5.74) is 4.81. The van der Waals surface area contributed by atoms with E-state index in [0.717, 1.165) is 49.3 Å². The van der Waals surface area contributed by atoms with Gasteiger partial charge < -0.3 is 15.5 Å². The van der Waals surface area contributed by atoms with Crippen molar-refractivity contribution in [1.29, 1.82) is 0 Å². The smallest absolute Gasteiger partial charge is 0.227 e. The molecule has 1 saturated heterocycles. The highest BCUT2D eigenvalue weighted by Gasteiger charge is 2.46. The number of aryl methyl sites for hydroxylation is 1. The van der Waals surface area contributed by atoms with Crippen molar-refractivity contribution in [2.75, 3.05) is 29.9 Å². The lowest BCUT2D eigenvalue weighted by atomic mass is 10.1. The van der Waals surface area contributed by atoms with E-state index in [0.29, 0.717) is 5.54 Å². The molecule has 2 fully saturated rings. The number of benzene rings is 1. The fraction of sp³-hybridized carbons (Fsp3) is 0.421. The third-order valence-corrected chi connectivity index (χ3v) is 5.26. The molecular formula is C19H22N6. The fourth-order valence-corrected chi connectivity index (χ4v) is 3.70. The first kappa shape index (κ1) is 14.8. The lowest BCUT2D eigenvalue weighted by molar-refractivity contribution is 0.438. The second-order valence-corrected chi connectivity index (χ2v) is 7.33. The molecule has 1 saturated carbocycles. The van der Waals surface area contributed by atoms with Crippen LogP contribution in [0.3, 0.4) is 0 Å². The Kier molecular flexibility index (Phi) is 3.28. The van der Waals surface area contributed by atoms with Crippen molar-refractivity contribution >= 4 is 23.7 Å². The topological polar surface area (TPSA) is 65.4 Å². The van der Waals surface area contributed by atoms with Gasteiger partial charge in [0.05, 0.1) is 6.54 Å². The average Bonchev–Trinajstić information content (AvgIpc) is 3.17. The van der Waals surface area contributed by atoms with E-state index < -0.39 is 0 Å². The van der Waals surface area contributed by atoms with E-state index >= 15 is 0 Å². The number of aromatic nitrogens is 2. The van der Waals surface area contributed by atoms with E-state index in [1.165, 1.54) is 24.0 Å². The zero-order valence-electron chi connectivity index (χ0n) is 14.4. The van der Waals surface area contributed by atoms with Crippen LogP contribution in [0.4, 0.5) is 17.5 Å². The molecule has 0 atom stereocenters. The van der Waals surface area contributed by atoms with Crippen LogP contribution in [0.5, 0.6) is 0 Å². The highest BCUT2D eigenvalue weighted by atomic mass is 15.3. The Balaban J connectivity index is 1.40. The third kappa shape index (κ3) is 2.87. The summed E-state index contributed by atoms with van der Waals surface area (Å²) in [6, 6.07) is 8.36. The summed E-state index contributed by atoms with van der Waals surface area (Å²) in [7, 11) is 0. The van der Waals surface area contributed by atoms with Crippen molar-refractivity contribution in [3.05, 3.63) is 41.1 Å². The normalized spacial score (nSPS) is 20.0. The number of hydrogen-bond donors (Lipinski definition) is 2. The highest BCUT2D eigenvalue weighted by molar-refractivity contribution is 5.86. The first-order valence-corrected chi connectivity index (χ1v) is 8.95. The van der Waals surface area contributed by atoms with E-state index in [1.807, 2.05) is 19.2 Å². The van der Waals surface area contributed by atoms with Crippen LogP contribution < -0.4 is 15.5 Å². The molecule has 2 aromatic rings. The Labute approximate surface area is 147 Å². The van der Waals surface area contributed by atoms with Crippen LogP contribution in [-0.2, 0) is 6.54 Å². The fourth-order valence-electron chi connectivity index (χ4n) is 3.70. The monoisotopic (exact) mass is 334 g/mol. The summed E-state index contributed by atoms with van der Waals surface area (Å²) < 4.78 is 0. The van der Waals surface area contributed by atoms with Crippen LogP contribution in [0.15, 0.2) is 29.3 Å². The number of hydrogen-bond acceptors (Lipinski definition) is 6. The largest absolute Gasteiger partial charge is 0.340 e. The van der Waals surface area contributed by atoms with Gasteiger partial charge in [-0.1, -0.05) is 6.07 Å². The summed E-state index contributed by atoms with van der Waals surface area (Å²) in [6.07, 6.45) is 4.46. The first-order chi connectivity index (χ1) is 12.2. The molecule has 0 bridgehead atoms. The maximum atomic E-state index is 4.78. The zero-order chi connectivity index (χ0) is 16.9. The van der Waals surface area contributed by atoms with Gasteiger partial charge in [-0.3, -0.25) is 4.99 Å². The number of nitrogens with one attached hydrogen (secondary N) is 2. The Hall–Kier alpha value is -2.47. The number of aliphatic imine (C=N–C) groups is 1. The van der Waals surface area contributed by atoms with Gasteiger partial charge in [-0.25, -0.2) is 4.98 Å². The summed E-state index contributed by atoms with van der Waals surface area (Å²) in [6.45, 7) is 5.79. The molecule has 25 heavy (non-hydrogen) atoms. The highest BCUT2D eigenvalue weighted by Crippen LogP contribution is 2.38. The molecule has 1 aromatic heterocycles. The lowest BCUT2D eigenvalue weighted by Gasteiger charge is -2.34. The molecule has 3 aliphatic rings. The standard InChI is InChI=1S/C19H22N6/c1-13-8-17(23-16-3-2-14-10-20-11-15(14)9-16)24-18(22-13)25-7-6-21-19(12-25)4-5-19/h2-3,8-9,11,21H,4-7,10,12H2,1H3,(H,22,23,24). The Bertz CT molecular complexity index is 855. The molecule has 5 rings (SSSR count). The van der Waals surface area contributed by atoms with Gasteiger partial charge in [0.15, 0.2) is 0 Å². The molecule has 2 N–H and O–H groups in total. The van der Waals surface area contributed by atoms with Crippen molar-refractivity contribution < 1.29 is 0 Å². The predicted octanol–water partition coefficient (Wildman–Crippen LogP) is 2.40. The first-order valence-electron chi connectivity index (χ1n) is 8.95. The van der Waals surface area contributed by atoms with Gasteiger partial charge in [0.1, 0.15) is 5.82 Å². The van der Waals surface area contributed by atoms with Crippen molar-refractivity contribution in [1.82, 2.24) is 15.3 Å². The van der Waals surface area contributed by atoms with Crippen molar-refractivity contribution in [3.63, 3.8) is 0 Å². The number of anilines is 3. The predicted molar refractivity (Wildman–Crippen MR) is 100.0 cm³/mol. The van der Waals surface area contributed by atoms with Crippen LogP contribution in [0.25, 0.3) is 0 Å². The van der Waals surface area contributed by atoms with Crippen LogP contribution in [0, 0.1) is 6.92 Å². The molecule has 0 amide bonds. The summed E-state index contributed by atoms with van der Waals surface area (Å²) in [4.78, 5) is 16.1. The SMILES string of the molecule is Cc1cc(Nc2ccc3c(c2)C=NC3)nc(N2CCNC3(CC3)C2)n1. The molecular weight excluding hydrogens is 312 g/mol. The van der Waals surface area contributed by atoms with Crippen LogP contribution >= 0.6 is 0 Å². The minimum atomic E-state index is 0.318. The second-order valence-electron chi connectivity index (χ2n) is 7.33. The number of rotatable bonds is 3. The summed E-state index contributed by atoms with van der Waals surface area (Å²) in [5.74, 6) is 1.68. The average molecular weight is 334 g/mol. The van der Waals surface area contributed by atoms with E-state index in [9.17, 15) is 0 Å². The van der Waals surface area contributed by atoms with Gasteiger partial charge >= 0.3 is 0 Å². The number of nitrogens with zero attached hydrogens (tertiary/aromatic N) is 4. The van der Waals surface area contributed by atoms with Gasteiger partial charge in [-0.15, -0.1) is 0 Å². The lowest BCUT2D eigenvalue weighted by Crippen LogP contribution is -2.53. The zero-order valence-corrected chi connectivity index (χ0v) is 14.4. The molecule has 1 spiro atoms. The molecule has 1 aliphatic carbocycles. The third-order valence-electron chi connectivity index (χ3n) is 5.26. The molecule has 3 heterocycles. The Morgan fingerprint density at radius 1 is 1.20 bits per heavy atom. The molecule has 128 valence electrons. The van der Waals surface area contributed by atoms with E-state index in [4.69, 9.17) is 4.98 Å². The van der Waals surface area contributed by atoms with Gasteiger partial charge in [0, 0.05) is 48.8 Å². The van der Waals surface area contributed by atoms with Gasteiger partial charge in [-0.05, 0) is 43.0 Å². The van der Waals surface area contributed by atoms with Gasteiger partial charge in [0.25, 0.3) is 0 Å². The van der Waals surface area contributed by atoms with Crippen molar-refractivity contribution in [3.8, 4) is 0 Å². The van der Waals surface area contributed by atoms with Crippen LogP contribution in [0.1, 0.15) is 29.7 Å². The van der Waals surface area contributed by atoms with E-state index in [2.05, 4.69) is 43.7 Å². The van der Waals surface area contributed by atoms with Crippen LogP contribution in [-0.4, -0.2) is 41.4 Å². The maximum Gasteiger partial charge on any atom is 0.227 e. The minimum Gasteiger partial charge on any atom is -0.340 e. The number of piperazine rings is 1. The van der Waals surface area contributed by atoms with Gasteiger partial charge in [0.2, 0.25) is 5.95 Å². The Morgan fingerprint density at radius 2 is 2.12 bits per heavy atom. The van der Waals surface area contributed by atoms with E-state index in [1.54, 1.807) is 0 Å². The van der Waals surface area contributed by atoms with Crippen molar-refractivity contribution in [2.24, 2.45) is 4.99 Å². The molecule has 6 heteroatoms. The maximum absolute atomic E-state index is 4.78. The quantitative estimate of drug-likeness (QED) is 0.902. The van der Waals surface area contributed by atoms with Crippen molar-refractivity contribution in [2.45, 2.75) is 31.8 Å². The van der Waals surface area contributed by atoms with E-state index in [-0.39, 0.29) is 0 Å². The second kappa shape index (κ2) is 5.52. The van der Waals surface area contributed by atoms with Crippen LogP contribution in [0.2, 0.25) is 0 Å². The molecule has 0 radical (unpaired) electrons.